The van der Waals surface area contributed by atoms with Crippen LogP contribution < -0.4 is 10.5 Å². The second-order valence-corrected chi connectivity index (χ2v) is 5.10. The zero-order valence-electron chi connectivity index (χ0n) is 11.1. The van der Waals surface area contributed by atoms with Crippen LogP contribution in [0, 0.1) is 0 Å². The molecule has 3 nitrogen and oxygen atoms in total. The molecule has 0 aliphatic heterocycles. The van der Waals surface area contributed by atoms with Gasteiger partial charge in [-0.2, -0.15) is 0 Å². The molecular weight excluding hydrogens is 236 g/mol. The van der Waals surface area contributed by atoms with E-state index >= 15 is 0 Å². The van der Waals surface area contributed by atoms with Crippen molar-refractivity contribution in [3.63, 3.8) is 0 Å². The molecule has 0 spiro atoms. The van der Waals surface area contributed by atoms with Crippen molar-refractivity contribution in [1.82, 2.24) is 4.98 Å². The van der Waals surface area contributed by atoms with E-state index in [9.17, 15) is 0 Å². The van der Waals surface area contributed by atoms with Crippen LogP contribution in [-0.4, -0.2) is 4.98 Å². The maximum atomic E-state index is 5.87. The van der Waals surface area contributed by atoms with Gasteiger partial charge in [0.15, 0.2) is 0 Å². The van der Waals surface area contributed by atoms with E-state index in [-0.39, 0.29) is 6.04 Å². The van der Waals surface area contributed by atoms with E-state index in [1.165, 1.54) is 24.0 Å². The summed E-state index contributed by atoms with van der Waals surface area (Å²) in [6, 6.07) is 10.1. The molecule has 2 N–H and O–H groups in total. The Morgan fingerprint density at radius 2 is 2.00 bits per heavy atom. The quantitative estimate of drug-likeness (QED) is 0.913. The van der Waals surface area contributed by atoms with Gasteiger partial charge >= 0.3 is 0 Å². The first kappa shape index (κ1) is 12.2. The van der Waals surface area contributed by atoms with Crippen molar-refractivity contribution in [3.05, 3.63) is 53.2 Å². The van der Waals surface area contributed by atoms with Crippen LogP contribution in [0.1, 0.15) is 36.1 Å². The molecule has 1 atom stereocenters. The SMILES string of the molecule is C[C@H](N)c1ccnc(Oc2ccc3c(c2)CCC3)c1. The summed E-state index contributed by atoms with van der Waals surface area (Å²) in [6.07, 6.45) is 5.33. The number of hydrogen-bond donors (Lipinski definition) is 1. The van der Waals surface area contributed by atoms with Gasteiger partial charge in [-0.15, -0.1) is 0 Å². The van der Waals surface area contributed by atoms with Crippen LogP contribution in [0.25, 0.3) is 0 Å². The number of nitrogens with two attached hydrogens (primary N) is 1. The predicted octanol–water partition coefficient (Wildman–Crippen LogP) is 3.38. The van der Waals surface area contributed by atoms with E-state index in [4.69, 9.17) is 10.5 Å². The molecule has 0 fully saturated rings. The van der Waals surface area contributed by atoms with Crippen molar-refractivity contribution in [3.8, 4) is 11.6 Å². The summed E-state index contributed by atoms with van der Waals surface area (Å²) in [5.74, 6) is 1.46. The lowest BCUT2D eigenvalue weighted by Crippen LogP contribution is -2.05. The van der Waals surface area contributed by atoms with Crippen molar-refractivity contribution in [1.29, 1.82) is 0 Å². The standard InChI is InChI=1S/C16H18N2O/c1-11(17)13-7-8-18-16(10-13)19-15-6-5-12-3-2-4-14(12)9-15/h5-11H,2-4,17H2,1H3/t11-/m0/s1. The molecular formula is C16H18N2O. The number of rotatable bonds is 3. The minimum atomic E-state index is -0.00892. The molecule has 98 valence electrons. The highest BCUT2D eigenvalue weighted by atomic mass is 16.5. The van der Waals surface area contributed by atoms with Crippen LogP contribution in [0.2, 0.25) is 0 Å². The first-order valence-electron chi connectivity index (χ1n) is 6.73. The van der Waals surface area contributed by atoms with Gasteiger partial charge in [0.1, 0.15) is 5.75 Å². The minimum Gasteiger partial charge on any atom is -0.439 e. The average Bonchev–Trinajstić information content (AvgIpc) is 2.86. The van der Waals surface area contributed by atoms with Crippen molar-refractivity contribution in [2.24, 2.45) is 5.73 Å². The first-order valence-corrected chi connectivity index (χ1v) is 6.73. The minimum absolute atomic E-state index is 0.00892. The van der Waals surface area contributed by atoms with Crippen LogP contribution >= 0.6 is 0 Å². The maximum Gasteiger partial charge on any atom is 0.219 e. The largest absolute Gasteiger partial charge is 0.439 e. The van der Waals surface area contributed by atoms with Gasteiger partial charge < -0.3 is 10.5 Å². The zero-order chi connectivity index (χ0) is 13.2. The smallest absolute Gasteiger partial charge is 0.219 e. The number of aromatic nitrogens is 1. The highest BCUT2D eigenvalue weighted by Crippen LogP contribution is 2.28. The van der Waals surface area contributed by atoms with Gasteiger partial charge in [-0.1, -0.05) is 6.07 Å². The summed E-state index contributed by atoms with van der Waals surface area (Å²) in [7, 11) is 0. The molecule has 2 aromatic rings. The molecule has 0 saturated carbocycles. The topological polar surface area (TPSA) is 48.1 Å². The van der Waals surface area contributed by atoms with Crippen LogP contribution in [0.3, 0.4) is 0 Å². The molecule has 1 aromatic carbocycles. The van der Waals surface area contributed by atoms with Crippen LogP contribution in [0.5, 0.6) is 11.6 Å². The van der Waals surface area contributed by atoms with E-state index in [1.54, 1.807) is 6.20 Å². The van der Waals surface area contributed by atoms with E-state index in [2.05, 4.69) is 17.1 Å². The van der Waals surface area contributed by atoms with Gasteiger partial charge in [0, 0.05) is 18.3 Å². The fourth-order valence-corrected chi connectivity index (χ4v) is 2.50. The zero-order valence-corrected chi connectivity index (χ0v) is 11.1. The van der Waals surface area contributed by atoms with Gasteiger partial charge in [-0.25, -0.2) is 4.98 Å². The molecule has 0 radical (unpaired) electrons. The van der Waals surface area contributed by atoms with Crippen molar-refractivity contribution in [2.45, 2.75) is 32.2 Å². The van der Waals surface area contributed by atoms with Crippen molar-refractivity contribution >= 4 is 0 Å². The number of fused-ring (bicyclic) bond motifs is 1. The second kappa shape index (κ2) is 5.02. The summed E-state index contributed by atoms with van der Waals surface area (Å²) in [5.41, 5.74) is 9.75. The third kappa shape index (κ3) is 2.61. The predicted molar refractivity (Wildman–Crippen MR) is 75.4 cm³/mol. The molecule has 1 heterocycles. The van der Waals surface area contributed by atoms with Crippen LogP contribution in [-0.2, 0) is 12.8 Å². The van der Waals surface area contributed by atoms with E-state index in [1.807, 2.05) is 25.1 Å². The third-order valence-electron chi connectivity index (χ3n) is 3.58. The maximum absolute atomic E-state index is 5.87. The molecule has 0 bridgehead atoms. The van der Waals surface area contributed by atoms with E-state index in [0.717, 1.165) is 17.7 Å². The Bertz CT molecular complexity index is 593. The van der Waals surface area contributed by atoms with Crippen LogP contribution in [0.4, 0.5) is 0 Å². The van der Waals surface area contributed by atoms with Gasteiger partial charge in [0.2, 0.25) is 5.88 Å². The summed E-state index contributed by atoms with van der Waals surface area (Å²) in [4.78, 5) is 4.23. The Balaban J connectivity index is 1.83. The molecule has 0 unspecified atom stereocenters. The lowest BCUT2D eigenvalue weighted by molar-refractivity contribution is 0.461. The molecule has 19 heavy (non-hydrogen) atoms. The van der Waals surface area contributed by atoms with Crippen LogP contribution in [0.15, 0.2) is 36.5 Å². The number of aryl methyl sites for hydroxylation is 2. The number of pyridine rings is 1. The molecule has 0 amide bonds. The molecule has 1 aliphatic carbocycles. The van der Waals surface area contributed by atoms with Gasteiger partial charge in [-0.3, -0.25) is 0 Å². The normalized spacial score (nSPS) is 15.1. The summed E-state index contributed by atoms with van der Waals surface area (Å²) in [5, 5.41) is 0. The lowest BCUT2D eigenvalue weighted by Gasteiger charge is -2.09. The van der Waals surface area contributed by atoms with E-state index < -0.39 is 0 Å². The summed E-state index contributed by atoms with van der Waals surface area (Å²) < 4.78 is 5.83. The molecule has 3 heteroatoms. The second-order valence-electron chi connectivity index (χ2n) is 5.10. The third-order valence-corrected chi connectivity index (χ3v) is 3.58. The summed E-state index contributed by atoms with van der Waals surface area (Å²) in [6.45, 7) is 1.95. The van der Waals surface area contributed by atoms with E-state index in [0.29, 0.717) is 5.88 Å². The fraction of sp³-hybridized carbons (Fsp3) is 0.312. The first-order chi connectivity index (χ1) is 9.22. The number of nitrogens with zero attached hydrogens (tertiary/aromatic N) is 1. The highest BCUT2D eigenvalue weighted by molar-refractivity contribution is 5.40. The van der Waals surface area contributed by atoms with Crippen molar-refractivity contribution < 1.29 is 4.74 Å². The molecule has 0 saturated heterocycles. The molecule has 1 aliphatic rings. The lowest BCUT2D eigenvalue weighted by atomic mass is 10.1. The molecule has 3 rings (SSSR count). The van der Waals surface area contributed by atoms with Crippen molar-refractivity contribution in [2.75, 3.05) is 0 Å². The van der Waals surface area contributed by atoms with Gasteiger partial charge in [0.05, 0.1) is 0 Å². The van der Waals surface area contributed by atoms with Gasteiger partial charge in [-0.05, 0) is 61.1 Å². The molecule has 1 aromatic heterocycles. The number of benzene rings is 1. The number of hydrogen-bond acceptors (Lipinski definition) is 3. The average molecular weight is 254 g/mol. The summed E-state index contributed by atoms with van der Waals surface area (Å²) >= 11 is 0. The fourth-order valence-electron chi connectivity index (χ4n) is 2.50. The monoisotopic (exact) mass is 254 g/mol. The Morgan fingerprint density at radius 1 is 1.16 bits per heavy atom. The Hall–Kier alpha value is -1.87. The van der Waals surface area contributed by atoms with Gasteiger partial charge in [0.25, 0.3) is 0 Å². The Morgan fingerprint density at radius 3 is 2.84 bits per heavy atom. The number of ether oxygens (including phenoxy) is 1. The Labute approximate surface area is 113 Å². The Kier molecular flexibility index (Phi) is 3.22. The highest BCUT2D eigenvalue weighted by Gasteiger charge is 2.12.